The summed E-state index contributed by atoms with van der Waals surface area (Å²) >= 11 is 12.0. The van der Waals surface area contributed by atoms with E-state index in [1.807, 2.05) is 0 Å². The Bertz CT molecular complexity index is 1090. The lowest BCUT2D eigenvalue weighted by molar-refractivity contribution is -0.117. The highest BCUT2D eigenvalue weighted by molar-refractivity contribution is 6.32. The molecule has 2 amide bonds. The summed E-state index contributed by atoms with van der Waals surface area (Å²) in [6, 6.07) is 22.5. The lowest BCUT2D eigenvalue weighted by atomic mass is 10.1. The standard InChI is InChI=1S/C23H17Cl2N3O2/c24-19-12-10-16(11-13-19)15-26-28-23(30)21(14-18-8-4-5-9-20(18)25)27-22(29)17-6-2-1-3-7-17/h1-15H,(H,27,29)(H,28,30)/b21-14-,26-15-. The fourth-order valence-corrected chi connectivity index (χ4v) is 2.78. The van der Waals surface area contributed by atoms with Gasteiger partial charge in [-0.3, -0.25) is 9.59 Å². The van der Waals surface area contributed by atoms with Crippen molar-refractivity contribution < 1.29 is 9.59 Å². The number of halogens is 2. The molecule has 7 heteroatoms. The number of benzene rings is 3. The van der Waals surface area contributed by atoms with Crippen molar-refractivity contribution in [1.82, 2.24) is 10.7 Å². The van der Waals surface area contributed by atoms with Crippen molar-refractivity contribution in [2.24, 2.45) is 5.10 Å². The maximum Gasteiger partial charge on any atom is 0.287 e. The van der Waals surface area contributed by atoms with Crippen LogP contribution >= 0.6 is 23.2 Å². The van der Waals surface area contributed by atoms with E-state index in [1.54, 1.807) is 78.9 Å². The van der Waals surface area contributed by atoms with Crippen LogP contribution in [0.15, 0.2) is 89.7 Å². The first-order chi connectivity index (χ1) is 14.5. The average Bonchev–Trinajstić information content (AvgIpc) is 2.76. The monoisotopic (exact) mass is 437 g/mol. The summed E-state index contributed by atoms with van der Waals surface area (Å²) in [6.45, 7) is 0. The van der Waals surface area contributed by atoms with E-state index in [0.717, 1.165) is 5.56 Å². The number of rotatable bonds is 6. The molecule has 2 N–H and O–H groups in total. The van der Waals surface area contributed by atoms with Crippen molar-refractivity contribution in [2.75, 3.05) is 0 Å². The molecule has 0 atom stereocenters. The van der Waals surface area contributed by atoms with Crippen LogP contribution in [-0.4, -0.2) is 18.0 Å². The Balaban J connectivity index is 1.81. The van der Waals surface area contributed by atoms with Crippen molar-refractivity contribution >= 4 is 47.3 Å². The van der Waals surface area contributed by atoms with Crippen LogP contribution in [-0.2, 0) is 4.79 Å². The van der Waals surface area contributed by atoms with E-state index >= 15 is 0 Å². The van der Waals surface area contributed by atoms with Gasteiger partial charge in [-0.1, -0.05) is 71.7 Å². The maximum absolute atomic E-state index is 12.7. The molecule has 3 rings (SSSR count). The third-order valence-corrected chi connectivity index (χ3v) is 4.58. The SMILES string of the molecule is O=C(N/N=C\c1ccc(Cl)cc1)/C(=C/c1ccccc1Cl)NC(=O)c1ccccc1. The number of carbonyl (C=O) groups excluding carboxylic acids is 2. The molecular weight excluding hydrogens is 421 g/mol. The lowest BCUT2D eigenvalue weighted by Gasteiger charge is -2.09. The molecule has 0 aromatic heterocycles. The van der Waals surface area contributed by atoms with Gasteiger partial charge in [-0.2, -0.15) is 5.10 Å². The van der Waals surface area contributed by atoms with E-state index in [4.69, 9.17) is 23.2 Å². The Morgan fingerprint density at radius 1 is 0.833 bits per heavy atom. The lowest BCUT2D eigenvalue weighted by Crippen LogP contribution is -2.32. The van der Waals surface area contributed by atoms with Gasteiger partial charge in [0.05, 0.1) is 6.21 Å². The predicted octanol–water partition coefficient (Wildman–Crippen LogP) is 4.91. The Kier molecular flexibility index (Phi) is 7.38. The number of nitrogens with zero attached hydrogens (tertiary/aromatic N) is 1. The van der Waals surface area contributed by atoms with Crippen LogP contribution in [0.3, 0.4) is 0 Å². The Morgan fingerprint density at radius 3 is 2.20 bits per heavy atom. The average molecular weight is 438 g/mol. The molecule has 3 aromatic rings. The highest BCUT2D eigenvalue weighted by atomic mass is 35.5. The van der Waals surface area contributed by atoms with Crippen LogP contribution in [0.2, 0.25) is 10.0 Å². The zero-order valence-corrected chi connectivity index (χ0v) is 17.2. The van der Waals surface area contributed by atoms with Gasteiger partial charge in [0, 0.05) is 15.6 Å². The highest BCUT2D eigenvalue weighted by Gasteiger charge is 2.14. The van der Waals surface area contributed by atoms with Gasteiger partial charge in [0.2, 0.25) is 0 Å². The summed E-state index contributed by atoms with van der Waals surface area (Å²) in [4.78, 5) is 25.2. The third kappa shape index (κ3) is 6.04. The fourth-order valence-electron chi connectivity index (χ4n) is 2.46. The molecule has 0 saturated carbocycles. The molecule has 150 valence electrons. The molecule has 30 heavy (non-hydrogen) atoms. The predicted molar refractivity (Wildman–Crippen MR) is 121 cm³/mol. The van der Waals surface area contributed by atoms with Crippen molar-refractivity contribution in [3.63, 3.8) is 0 Å². The largest absolute Gasteiger partial charge is 0.317 e. The maximum atomic E-state index is 12.7. The molecule has 0 aliphatic heterocycles. The summed E-state index contributed by atoms with van der Waals surface area (Å²) in [5.41, 5.74) is 4.17. The number of hydrogen-bond acceptors (Lipinski definition) is 3. The van der Waals surface area contributed by atoms with Gasteiger partial charge in [0.25, 0.3) is 11.8 Å². The second-order valence-electron chi connectivity index (χ2n) is 6.15. The molecule has 5 nitrogen and oxygen atoms in total. The Morgan fingerprint density at radius 2 is 1.50 bits per heavy atom. The fraction of sp³-hybridized carbons (Fsp3) is 0. The molecule has 0 aliphatic rings. The number of amides is 2. The molecule has 0 saturated heterocycles. The van der Waals surface area contributed by atoms with Gasteiger partial charge >= 0.3 is 0 Å². The van der Waals surface area contributed by atoms with Gasteiger partial charge in [-0.05, 0) is 47.5 Å². The molecule has 0 bridgehead atoms. The minimum absolute atomic E-state index is 0.00482. The van der Waals surface area contributed by atoms with Crippen molar-refractivity contribution in [3.8, 4) is 0 Å². The molecule has 3 aromatic carbocycles. The van der Waals surface area contributed by atoms with E-state index < -0.39 is 11.8 Å². The number of carbonyl (C=O) groups is 2. The highest BCUT2D eigenvalue weighted by Crippen LogP contribution is 2.18. The topological polar surface area (TPSA) is 70.6 Å². The minimum Gasteiger partial charge on any atom is -0.317 e. The van der Waals surface area contributed by atoms with Crippen LogP contribution in [0, 0.1) is 0 Å². The summed E-state index contributed by atoms with van der Waals surface area (Å²) in [5, 5.41) is 7.62. The normalized spacial score (nSPS) is 11.3. The molecule has 0 fully saturated rings. The summed E-state index contributed by atoms with van der Waals surface area (Å²) in [7, 11) is 0. The smallest absolute Gasteiger partial charge is 0.287 e. The van der Waals surface area contributed by atoms with Crippen LogP contribution in [0.5, 0.6) is 0 Å². The molecule has 0 heterocycles. The number of hydrazone groups is 1. The van der Waals surface area contributed by atoms with Crippen LogP contribution in [0.1, 0.15) is 21.5 Å². The molecular formula is C23H17Cl2N3O2. The summed E-state index contributed by atoms with van der Waals surface area (Å²) in [6.07, 6.45) is 2.97. The second-order valence-corrected chi connectivity index (χ2v) is 6.99. The summed E-state index contributed by atoms with van der Waals surface area (Å²) < 4.78 is 0. The molecule has 0 unspecified atom stereocenters. The molecule has 0 spiro atoms. The second kappa shape index (κ2) is 10.4. The van der Waals surface area contributed by atoms with E-state index in [1.165, 1.54) is 12.3 Å². The van der Waals surface area contributed by atoms with Gasteiger partial charge in [0.1, 0.15) is 5.70 Å². The van der Waals surface area contributed by atoms with Crippen LogP contribution in [0.25, 0.3) is 6.08 Å². The van der Waals surface area contributed by atoms with Crippen molar-refractivity contribution in [1.29, 1.82) is 0 Å². The number of hydrogen-bond donors (Lipinski definition) is 2. The molecule has 0 aliphatic carbocycles. The zero-order chi connectivity index (χ0) is 21.3. The zero-order valence-electron chi connectivity index (χ0n) is 15.7. The van der Waals surface area contributed by atoms with E-state index in [-0.39, 0.29) is 5.70 Å². The van der Waals surface area contributed by atoms with E-state index in [2.05, 4.69) is 15.8 Å². The minimum atomic E-state index is -0.593. The van der Waals surface area contributed by atoms with Crippen LogP contribution in [0.4, 0.5) is 0 Å². The first-order valence-corrected chi connectivity index (χ1v) is 9.70. The van der Waals surface area contributed by atoms with Gasteiger partial charge in [0.15, 0.2) is 0 Å². The number of nitrogens with one attached hydrogen (secondary N) is 2. The van der Waals surface area contributed by atoms with Gasteiger partial charge in [-0.15, -0.1) is 0 Å². The van der Waals surface area contributed by atoms with Crippen LogP contribution < -0.4 is 10.7 Å². The Labute approximate surface area is 184 Å². The van der Waals surface area contributed by atoms with E-state index in [0.29, 0.717) is 21.2 Å². The van der Waals surface area contributed by atoms with E-state index in [9.17, 15) is 9.59 Å². The van der Waals surface area contributed by atoms with Gasteiger partial charge < -0.3 is 5.32 Å². The third-order valence-electron chi connectivity index (χ3n) is 3.98. The van der Waals surface area contributed by atoms with Crippen molar-refractivity contribution in [2.45, 2.75) is 0 Å². The first kappa shape index (κ1) is 21.3. The Hall–Kier alpha value is -3.41. The van der Waals surface area contributed by atoms with Gasteiger partial charge in [-0.25, -0.2) is 5.43 Å². The molecule has 0 radical (unpaired) electrons. The quantitative estimate of drug-likeness (QED) is 0.326. The summed E-state index contributed by atoms with van der Waals surface area (Å²) in [5.74, 6) is -1.02. The first-order valence-electron chi connectivity index (χ1n) is 8.94. The van der Waals surface area contributed by atoms with Crippen molar-refractivity contribution in [3.05, 3.63) is 111 Å².